The smallest absolute Gasteiger partial charge is 0.136 e. The van der Waals surface area contributed by atoms with Crippen LogP contribution in [0, 0.1) is 0 Å². The van der Waals surface area contributed by atoms with Crippen molar-refractivity contribution in [3.63, 3.8) is 0 Å². The number of benzene rings is 12. The van der Waals surface area contributed by atoms with Gasteiger partial charge in [0.05, 0.1) is 11.0 Å². The molecule has 0 saturated carbocycles. The molecule has 0 bridgehead atoms. The number of hydrogen-bond acceptors (Lipinski definition) is 2. The molecule has 2 aromatic heterocycles. The van der Waals surface area contributed by atoms with Crippen LogP contribution in [0.3, 0.4) is 0 Å². The lowest BCUT2D eigenvalue weighted by Gasteiger charge is -2.26. The predicted molar refractivity (Wildman–Crippen MR) is 299 cm³/mol. The van der Waals surface area contributed by atoms with Gasteiger partial charge in [-0.05, 0) is 145 Å². The summed E-state index contributed by atoms with van der Waals surface area (Å²) >= 11 is 0. The fraction of sp³-hybridized carbons (Fsp3) is 0. The second-order valence-electron chi connectivity index (χ2n) is 18.5. The Bertz CT molecular complexity index is 4260. The molecule has 0 fully saturated rings. The van der Waals surface area contributed by atoms with Crippen LogP contribution in [0.1, 0.15) is 0 Å². The van der Waals surface area contributed by atoms with Crippen molar-refractivity contribution in [3.8, 4) is 50.2 Å². The summed E-state index contributed by atoms with van der Waals surface area (Å²) in [5.74, 6) is 0. The van der Waals surface area contributed by atoms with Gasteiger partial charge in [0.15, 0.2) is 0 Å². The van der Waals surface area contributed by atoms with Crippen molar-refractivity contribution in [2.75, 3.05) is 4.90 Å². The fourth-order valence-electron chi connectivity index (χ4n) is 10.9. The van der Waals surface area contributed by atoms with Crippen molar-refractivity contribution in [3.05, 3.63) is 267 Å². The topological polar surface area (TPSA) is 21.3 Å². The first-order valence-corrected chi connectivity index (χ1v) is 24.3. The molecule has 0 unspecified atom stereocenters. The maximum atomic E-state index is 6.25. The average molecular weight is 905 g/mol. The zero-order chi connectivity index (χ0) is 46.8. The minimum atomic E-state index is 0.903. The summed E-state index contributed by atoms with van der Waals surface area (Å²) in [6.45, 7) is 0. The molecule has 0 aliphatic carbocycles. The highest BCUT2D eigenvalue weighted by Crippen LogP contribution is 2.42. The zero-order valence-corrected chi connectivity index (χ0v) is 38.7. The highest BCUT2D eigenvalue weighted by molar-refractivity contribution is 6.13. The van der Waals surface area contributed by atoms with Gasteiger partial charge in [0, 0.05) is 44.3 Å². The van der Waals surface area contributed by atoms with Gasteiger partial charge < -0.3 is 13.9 Å². The van der Waals surface area contributed by atoms with E-state index in [2.05, 4.69) is 264 Å². The third-order valence-electron chi connectivity index (χ3n) is 14.4. The normalized spacial score (nSPS) is 11.7. The summed E-state index contributed by atoms with van der Waals surface area (Å²) < 4.78 is 8.62. The van der Waals surface area contributed by atoms with Gasteiger partial charge in [0.25, 0.3) is 0 Å². The number of para-hydroxylation sites is 3. The second-order valence-corrected chi connectivity index (χ2v) is 18.5. The molecule has 3 nitrogen and oxygen atoms in total. The van der Waals surface area contributed by atoms with E-state index in [0.717, 1.165) is 61.4 Å². The van der Waals surface area contributed by atoms with Crippen LogP contribution < -0.4 is 4.90 Å². The zero-order valence-electron chi connectivity index (χ0n) is 38.7. The number of furan rings is 1. The van der Waals surface area contributed by atoms with E-state index < -0.39 is 0 Å². The lowest BCUT2D eigenvalue weighted by molar-refractivity contribution is 0.669. The van der Waals surface area contributed by atoms with Crippen LogP contribution in [-0.2, 0) is 0 Å². The van der Waals surface area contributed by atoms with Crippen molar-refractivity contribution in [1.29, 1.82) is 0 Å². The van der Waals surface area contributed by atoms with E-state index in [1.807, 2.05) is 12.1 Å². The molecule has 3 heteroatoms. The van der Waals surface area contributed by atoms with Crippen LogP contribution in [0.2, 0.25) is 0 Å². The van der Waals surface area contributed by atoms with Crippen molar-refractivity contribution >= 4 is 82.4 Å². The van der Waals surface area contributed by atoms with E-state index in [-0.39, 0.29) is 0 Å². The van der Waals surface area contributed by atoms with Crippen molar-refractivity contribution in [1.82, 2.24) is 4.57 Å². The van der Waals surface area contributed by atoms with Gasteiger partial charge in [-0.3, -0.25) is 0 Å². The highest BCUT2D eigenvalue weighted by atomic mass is 16.3. The van der Waals surface area contributed by atoms with Gasteiger partial charge in [-0.25, -0.2) is 0 Å². The van der Waals surface area contributed by atoms with Crippen LogP contribution in [-0.4, -0.2) is 4.57 Å². The summed E-state index contributed by atoms with van der Waals surface area (Å²) in [7, 11) is 0. The molecule has 0 aliphatic heterocycles. The maximum absolute atomic E-state index is 6.25. The van der Waals surface area contributed by atoms with Gasteiger partial charge >= 0.3 is 0 Å². The van der Waals surface area contributed by atoms with Crippen LogP contribution in [0.25, 0.3) is 115 Å². The summed E-state index contributed by atoms with van der Waals surface area (Å²) in [5, 5.41) is 9.79. The van der Waals surface area contributed by atoms with E-state index in [9.17, 15) is 0 Å². The molecule has 0 spiro atoms. The molecule has 0 amide bonds. The SMILES string of the molecule is c1cc(-c2ccc(N(c3ccc(-c4ccc(-c5ccc(-n6c7ccccc7c7ccccc76)cc5)cc4)cc3)c3ccc4c(ccc5ccccc54)c3)cc2)cc(-c2cccc3oc4ccccc4c23)c1. The molecule has 0 atom stereocenters. The van der Waals surface area contributed by atoms with Gasteiger partial charge in [-0.2, -0.15) is 0 Å². The molecule has 332 valence electrons. The summed E-state index contributed by atoms with van der Waals surface area (Å²) in [5.41, 5.74) is 18.0. The van der Waals surface area contributed by atoms with Crippen LogP contribution >= 0.6 is 0 Å². The molecule has 71 heavy (non-hydrogen) atoms. The molecule has 2 heterocycles. The molecule has 14 aromatic rings. The number of fused-ring (bicyclic) bond motifs is 9. The fourth-order valence-corrected chi connectivity index (χ4v) is 10.9. The van der Waals surface area contributed by atoms with Crippen molar-refractivity contribution in [2.24, 2.45) is 0 Å². The van der Waals surface area contributed by atoms with Crippen molar-refractivity contribution < 1.29 is 4.42 Å². The summed E-state index contributed by atoms with van der Waals surface area (Å²) in [6, 6.07) is 96.7. The molecule has 0 saturated heterocycles. The first kappa shape index (κ1) is 40.6. The lowest BCUT2D eigenvalue weighted by Crippen LogP contribution is -2.09. The Morgan fingerprint density at radius 3 is 1.44 bits per heavy atom. The van der Waals surface area contributed by atoms with Crippen LogP contribution in [0.4, 0.5) is 17.1 Å². The lowest BCUT2D eigenvalue weighted by atomic mass is 9.95. The number of anilines is 3. The molecule has 0 radical (unpaired) electrons. The largest absolute Gasteiger partial charge is 0.456 e. The standard InChI is InChI=1S/C68H44N2O/c1-2-14-58-50(11-1)27-28-53-44-57(41-42-59(53)58)69(55-37-33-49(34-38-55)51-12-9-13-52(43-51)60-18-10-22-67-68(60)63-17-5-8-21-66(63)71-67)54-35-29-47(30-36-54)45-23-25-46(26-24-45)48-31-39-56(40-32-48)70-64-19-6-3-15-61(64)62-16-4-7-20-65(62)70/h1-44H. The second kappa shape index (κ2) is 16.7. The molecular formula is C68H44N2O. The van der Waals surface area contributed by atoms with Crippen LogP contribution in [0.15, 0.2) is 271 Å². The van der Waals surface area contributed by atoms with E-state index >= 15 is 0 Å². The molecule has 14 rings (SSSR count). The minimum absolute atomic E-state index is 0.903. The average Bonchev–Trinajstić information content (AvgIpc) is 4.00. The van der Waals surface area contributed by atoms with Gasteiger partial charge in [0.2, 0.25) is 0 Å². The predicted octanol–water partition coefficient (Wildman–Crippen LogP) is 19.1. The van der Waals surface area contributed by atoms with E-state index in [4.69, 9.17) is 4.42 Å². The van der Waals surface area contributed by atoms with Crippen LogP contribution in [0.5, 0.6) is 0 Å². The molecular weight excluding hydrogens is 861 g/mol. The quantitative estimate of drug-likeness (QED) is 0.142. The minimum Gasteiger partial charge on any atom is -0.456 e. The third kappa shape index (κ3) is 6.97. The number of hydrogen-bond donors (Lipinski definition) is 0. The number of nitrogens with zero attached hydrogens (tertiary/aromatic N) is 2. The first-order valence-electron chi connectivity index (χ1n) is 24.3. The molecule has 12 aromatic carbocycles. The molecule has 0 aliphatic rings. The van der Waals surface area contributed by atoms with E-state index in [1.165, 1.54) is 71.2 Å². The Hall–Kier alpha value is -9.44. The van der Waals surface area contributed by atoms with Gasteiger partial charge in [-0.1, -0.05) is 188 Å². The first-order chi connectivity index (χ1) is 35.2. The van der Waals surface area contributed by atoms with Crippen molar-refractivity contribution in [2.45, 2.75) is 0 Å². The maximum Gasteiger partial charge on any atom is 0.136 e. The molecule has 0 N–H and O–H groups in total. The van der Waals surface area contributed by atoms with E-state index in [0.29, 0.717) is 0 Å². The Balaban J connectivity index is 0.780. The van der Waals surface area contributed by atoms with Gasteiger partial charge in [0.1, 0.15) is 11.2 Å². The Labute approximate surface area is 411 Å². The Morgan fingerprint density at radius 2 is 0.761 bits per heavy atom. The Morgan fingerprint density at radius 1 is 0.282 bits per heavy atom. The number of rotatable bonds is 8. The summed E-state index contributed by atoms with van der Waals surface area (Å²) in [6.07, 6.45) is 0. The monoisotopic (exact) mass is 904 g/mol. The summed E-state index contributed by atoms with van der Waals surface area (Å²) in [4.78, 5) is 2.37. The number of aromatic nitrogens is 1. The van der Waals surface area contributed by atoms with E-state index in [1.54, 1.807) is 0 Å². The Kier molecular flexibility index (Phi) is 9.53. The van der Waals surface area contributed by atoms with Gasteiger partial charge in [-0.15, -0.1) is 0 Å². The third-order valence-corrected chi connectivity index (χ3v) is 14.4. The highest BCUT2D eigenvalue weighted by Gasteiger charge is 2.17.